The van der Waals surface area contributed by atoms with E-state index in [1.54, 1.807) is 6.20 Å². The number of aromatic nitrogens is 3. The zero-order valence-corrected chi connectivity index (χ0v) is 19.2. The van der Waals surface area contributed by atoms with Crippen molar-refractivity contribution in [1.29, 1.82) is 0 Å². The van der Waals surface area contributed by atoms with Crippen LogP contribution in [0.25, 0.3) is 0 Å². The Labute approximate surface area is 210 Å². The number of carboxylic acids is 2. The molecule has 2 fully saturated rings. The Morgan fingerprint density at radius 3 is 2.13 bits per heavy atom. The molecule has 210 valence electrons. The van der Waals surface area contributed by atoms with Crippen LogP contribution in [-0.4, -0.2) is 82.4 Å². The summed E-state index contributed by atoms with van der Waals surface area (Å²) in [6.45, 7) is 4.03. The third-order valence-electron chi connectivity index (χ3n) is 5.26. The van der Waals surface area contributed by atoms with E-state index in [-0.39, 0.29) is 5.41 Å². The van der Waals surface area contributed by atoms with Crippen molar-refractivity contribution in [1.82, 2.24) is 15.0 Å². The first-order valence-electron chi connectivity index (χ1n) is 10.5. The number of alkyl halides is 6. The average molecular weight is 558 g/mol. The van der Waals surface area contributed by atoms with Gasteiger partial charge in [0.1, 0.15) is 0 Å². The maximum atomic E-state index is 13.0. The van der Waals surface area contributed by atoms with Crippen LogP contribution in [0.3, 0.4) is 0 Å². The predicted octanol–water partition coefficient (Wildman–Crippen LogP) is 2.95. The van der Waals surface area contributed by atoms with Crippen molar-refractivity contribution in [2.24, 2.45) is 11.3 Å². The highest BCUT2D eigenvalue weighted by Crippen LogP contribution is 2.42. The van der Waals surface area contributed by atoms with Crippen LogP contribution in [0, 0.1) is 17.2 Å². The molecule has 4 rings (SSSR count). The Morgan fingerprint density at radius 2 is 1.63 bits per heavy atom. The fraction of sp³-hybridized carbons (Fsp3) is 0.476. The van der Waals surface area contributed by atoms with E-state index in [2.05, 4.69) is 19.9 Å². The molecule has 0 saturated carbocycles. The number of carboxylic acid groups (broad SMARTS) is 2. The number of fused-ring (bicyclic) bond motifs is 1. The van der Waals surface area contributed by atoms with Crippen LogP contribution < -0.4 is 4.90 Å². The first-order chi connectivity index (χ1) is 17.6. The van der Waals surface area contributed by atoms with Gasteiger partial charge in [-0.3, -0.25) is 4.98 Å². The molecule has 2 aromatic heterocycles. The van der Waals surface area contributed by atoms with Gasteiger partial charge in [0.25, 0.3) is 0 Å². The molecule has 0 amide bonds. The van der Waals surface area contributed by atoms with Crippen LogP contribution in [0.2, 0.25) is 0 Å². The average Bonchev–Trinajstić information content (AvgIpc) is 3.37. The number of halogens is 7. The Bertz CT molecular complexity index is 1030. The van der Waals surface area contributed by atoms with Crippen molar-refractivity contribution in [3.8, 4) is 0 Å². The maximum absolute atomic E-state index is 13.0. The second-order valence-corrected chi connectivity index (χ2v) is 8.08. The number of nitrogens with zero attached hydrogens (tertiary/aromatic N) is 4. The molecule has 0 aromatic carbocycles. The molecule has 2 saturated heterocycles. The number of anilines is 1. The second-order valence-electron chi connectivity index (χ2n) is 8.08. The molecule has 4 heterocycles. The lowest BCUT2D eigenvalue weighted by atomic mass is 9.82. The quantitative estimate of drug-likeness (QED) is 0.528. The van der Waals surface area contributed by atoms with Gasteiger partial charge in [-0.25, -0.2) is 23.9 Å². The fourth-order valence-electron chi connectivity index (χ4n) is 3.50. The van der Waals surface area contributed by atoms with Gasteiger partial charge in [-0.2, -0.15) is 26.3 Å². The predicted molar refractivity (Wildman–Crippen MR) is 112 cm³/mol. The zero-order chi connectivity index (χ0) is 28.6. The molecule has 0 aliphatic carbocycles. The lowest BCUT2D eigenvalue weighted by molar-refractivity contribution is -0.193. The SMILES string of the molecule is Fc1cnc(N2C[C@@H]3COC[C@]3(COCc3ccccn3)C2)nc1.O=C(O)C(F)(F)F.O=C(O)C(F)(F)F. The van der Waals surface area contributed by atoms with Gasteiger partial charge in [0.05, 0.1) is 44.5 Å². The van der Waals surface area contributed by atoms with Gasteiger partial charge >= 0.3 is 24.3 Å². The van der Waals surface area contributed by atoms with Crippen molar-refractivity contribution >= 4 is 17.9 Å². The largest absolute Gasteiger partial charge is 0.490 e. The van der Waals surface area contributed by atoms with Gasteiger partial charge in [0.2, 0.25) is 5.95 Å². The highest BCUT2D eigenvalue weighted by Gasteiger charge is 2.51. The summed E-state index contributed by atoms with van der Waals surface area (Å²) in [4.78, 5) is 32.3. The van der Waals surface area contributed by atoms with E-state index in [0.29, 0.717) is 38.3 Å². The van der Waals surface area contributed by atoms with E-state index in [4.69, 9.17) is 29.3 Å². The van der Waals surface area contributed by atoms with Crippen molar-refractivity contribution in [2.45, 2.75) is 19.0 Å². The van der Waals surface area contributed by atoms with Crippen LogP contribution in [0.1, 0.15) is 5.69 Å². The third-order valence-corrected chi connectivity index (χ3v) is 5.26. The molecule has 2 aliphatic heterocycles. The fourth-order valence-corrected chi connectivity index (χ4v) is 3.50. The molecule has 0 radical (unpaired) electrons. The van der Waals surface area contributed by atoms with Crippen molar-refractivity contribution in [3.63, 3.8) is 0 Å². The molecule has 0 bridgehead atoms. The summed E-state index contributed by atoms with van der Waals surface area (Å²) in [7, 11) is 0. The van der Waals surface area contributed by atoms with Gasteiger partial charge in [-0.1, -0.05) is 6.07 Å². The Kier molecular flexibility index (Phi) is 10.3. The van der Waals surface area contributed by atoms with Crippen LogP contribution in [0.15, 0.2) is 36.8 Å². The highest BCUT2D eigenvalue weighted by atomic mass is 19.4. The first-order valence-corrected chi connectivity index (χ1v) is 10.5. The number of rotatable bonds is 5. The molecule has 2 atom stereocenters. The zero-order valence-electron chi connectivity index (χ0n) is 19.2. The molecule has 2 N–H and O–H groups in total. The smallest absolute Gasteiger partial charge is 0.475 e. The monoisotopic (exact) mass is 558 g/mol. The van der Waals surface area contributed by atoms with Crippen LogP contribution >= 0.6 is 0 Å². The van der Waals surface area contributed by atoms with E-state index >= 15 is 0 Å². The van der Waals surface area contributed by atoms with E-state index in [9.17, 15) is 30.7 Å². The molecule has 2 aromatic rings. The van der Waals surface area contributed by atoms with Crippen molar-refractivity contribution in [3.05, 3.63) is 48.3 Å². The summed E-state index contributed by atoms with van der Waals surface area (Å²) in [6.07, 6.45) is -5.99. The normalized spacial score (nSPS) is 20.5. The minimum absolute atomic E-state index is 0.0630. The number of hydrogen-bond acceptors (Lipinski definition) is 8. The topological polar surface area (TPSA) is 135 Å². The van der Waals surface area contributed by atoms with Gasteiger partial charge < -0.3 is 24.6 Å². The Morgan fingerprint density at radius 1 is 1.05 bits per heavy atom. The summed E-state index contributed by atoms with van der Waals surface area (Å²) < 4.78 is 88.1. The number of carbonyl (C=O) groups is 2. The van der Waals surface area contributed by atoms with Crippen LogP contribution in [-0.2, 0) is 25.7 Å². The Hall–Kier alpha value is -3.60. The van der Waals surface area contributed by atoms with Gasteiger partial charge in [0, 0.05) is 30.6 Å². The molecule has 17 heteroatoms. The number of hydrogen-bond donors (Lipinski definition) is 2. The minimum atomic E-state index is -5.08. The minimum Gasteiger partial charge on any atom is -0.475 e. The molecule has 10 nitrogen and oxygen atoms in total. The van der Waals surface area contributed by atoms with Crippen LogP contribution in [0.5, 0.6) is 0 Å². The molecular weight excluding hydrogens is 537 g/mol. The summed E-state index contributed by atoms with van der Waals surface area (Å²) >= 11 is 0. The van der Waals surface area contributed by atoms with Gasteiger partial charge in [0.15, 0.2) is 5.82 Å². The first kappa shape index (κ1) is 30.6. The maximum Gasteiger partial charge on any atom is 0.490 e. The van der Waals surface area contributed by atoms with E-state index in [0.717, 1.165) is 18.8 Å². The van der Waals surface area contributed by atoms with Gasteiger partial charge in [-0.15, -0.1) is 0 Å². The van der Waals surface area contributed by atoms with Crippen molar-refractivity contribution < 1.29 is 60.0 Å². The number of ether oxygens (including phenoxy) is 2. The lowest BCUT2D eigenvalue weighted by Crippen LogP contribution is -2.36. The number of aliphatic carboxylic acids is 2. The molecule has 2 aliphatic rings. The molecule has 38 heavy (non-hydrogen) atoms. The summed E-state index contributed by atoms with van der Waals surface area (Å²) in [5.74, 6) is -5.00. The second kappa shape index (κ2) is 12.8. The highest BCUT2D eigenvalue weighted by molar-refractivity contribution is 5.73. The van der Waals surface area contributed by atoms with Crippen molar-refractivity contribution in [2.75, 3.05) is 37.8 Å². The van der Waals surface area contributed by atoms with Crippen LogP contribution in [0.4, 0.5) is 36.7 Å². The van der Waals surface area contributed by atoms with E-state index in [1.807, 2.05) is 18.2 Å². The number of pyridine rings is 1. The summed E-state index contributed by atoms with van der Waals surface area (Å²) in [5, 5.41) is 14.2. The van der Waals surface area contributed by atoms with E-state index < -0.39 is 30.1 Å². The molecular formula is C21H21F7N4O6. The van der Waals surface area contributed by atoms with E-state index in [1.165, 1.54) is 12.4 Å². The van der Waals surface area contributed by atoms with Gasteiger partial charge in [-0.05, 0) is 12.1 Å². The summed E-state index contributed by atoms with van der Waals surface area (Å²) in [6, 6.07) is 5.79. The lowest BCUT2D eigenvalue weighted by Gasteiger charge is -2.26. The standard InChI is InChI=1S/C17H19FN4O2.2C2HF3O2/c18-14-5-20-16(21-6-14)22-7-13-8-23-11-17(13,10-22)12-24-9-15-3-1-2-4-19-15;2*3-2(4,5)1(6)7/h1-6,13H,7-12H2;2*(H,6,7)/t13-,17+;;/m1../s1. The molecule has 0 unspecified atom stereocenters. The molecule has 0 spiro atoms. The Balaban J connectivity index is 0.000000301. The summed E-state index contributed by atoms with van der Waals surface area (Å²) in [5.41, 5.74) is 0.855. The third kappa shape index (κ3) is 9.05.